The minimum absolute atomic E-state index is 0.0220. The molecule has 0 saturated carbocycles. The van der Waals surface area contributed by atoms with Crippen LogP contribution in [0.2, 0.25) is 0 Å². The van der Waals surface area contributed by atoms with E-state index in [4.69, 9.17) is 0 Å². The molecule has 12 heteroatoms. The maximum atomic E-state index is 14.9. The molecule has 2 aliphatic heterocycles. The Bertz CT molecular complexity index is 1260. The van der Waals surface area contributed by atoms with Gasteiger partial charge in [-0.25, -0.2) is 13.9 Å². The van der Waals surface area contributed by atoms with Gasteiger partial charge in [-0.15, -0.1) is 23.4 Å². The Kier molecular flexibility index (Phi) is 5.00. The Morgan fingerprint density at radius 2 is 2.03 bits per heavy atom. The van der Waals surface area contributed by atoms with Gasteiger partial charge in [-0.05, 0) is 42.8 Å². The minimum atomic E-state index is -4.87. The zero-order valence-electron chi connectivity index (χ0n) is 17.4. The van der Waals surface area contributed by atoms with Crippen molar-refractivity contribution in [3.8, 4) is 17.1 Å². The second-order valence-corrected chi connectivity index (χ2v) is 8.46. The van der Waals surface area contributed by atoms with Crippen LogP contribution in [-0.2, 0) is 6.30 Å². The number of phenols is 1. The highest BCUT2D eigenvalue weighted by Gasteiger charge is 2.44. The molecule has 3 aromatic rings. The molecule has 2 aliphatic rings. The number of aromatic hydroxyl groups is 1. The highest BCUT2D eigenvalue weighted by atomic mass is 19.4. The predicted octanol–water partition coefficient (Wildman–Crippen LogP) is 2.70. The van der Waals surface area contributed by atoms with Gasteiger partial charge in [0.05, 0.1) is 23.2 Å². The molecule has 8 nitrogen and oxygen atoms in total. The third-order valence-corrected chi connectivity index (χ3v) is 6.50. The van der Waals surface area contributed by atoms with Crippen molar-refractivity contribution >= 4 is 16.6 Å². The number of piperidine rings is 1. The van der Waals surface area contributed by atoms with E-state index < -0.39 is 23.8 Å². The molecule has 2 bridgehead atoms. The molecular formula is C21H20F4N6O2. The van der Waals surface area contributed by atoms with E-state index in [1.165, 1.54) is 12.3 Å². The predicted molar refractivity (Wildman–Crippen MR) is 112 cm³/mol. The summed E-state index contributed by atoms with van der Waals surface area (Å²) in [6.45, 7) is 0. The Morgan fingerprint density at radius 1 is 1.24 bits per heavy atom. The zero-order valence-corrected chi connectivity index (χ0v) is 17.4. The normalized spacial score (nSPS) is 24.9. The summed E-state index contributed by atoms with van der Waals surface area (Å²) in [6, 6.07) is 3.14. The molecule has 0 radical (unpaired) electrons. The maximum Gasteiger partial charge on any atom is 0.491 e. The summed E-state index contributed by atoms with van der Waals surface area (Å²) in [5, 5.41) is 21.7. The molecule has 4 heterocycles. The lowest BCUT2D eigenvalue weighted by Gasteiger charge is -2.38. The van der Waals surface area contributed by atoms with Crippen molar-refractivity contribution in [2.45, 2.75) is 49.9 Å². The molecule has 2 fully saturated rings. The van der Waals surface area contributed by atoms with Gasteiger partial charge < -0.3 is 15.3 Å². The van der Waals surface area contributed by atoms with Gasteiger partial charge in [-0.1, -0.05) is 0 Å². The number of benzene rings is 1. The van der Waals surface area contributed by atoms with Crippen LogP contribution in [0.1, 0.15) is 19.3 Å². The van der Waals surface area contributed by atoms with Crippen molar-refractivity contribution in [1.82, 2.24) is 25.1 Å². The van der Waals surface area contributed by atoms with E-state index in [9.17, 15) is 27.5 Å². The van der Waals surface area contributed by atoms with Crippen LogP contribution in [0, 0.1) is 0 Å². The highest BCUT2D eigenvalue weighted by molar-refractivity contribution is 5.88. The van der Waals surface area contributed by atoms with E-state index >= 15 is 0 Å². The number of pyridine rings is 1. The standard InChI is InChI=1S/C21H20F4N6O2/c1-30(15-7-11-2-3-14(27-11)18(15)22)17-9-26-19(29-28-17)13-6-10-4-5-31(21(23,24)25)20(33)12(10)8-16(13)32/h4-6,8-9,11,14-15,18,27,32H,2-3,7H2,1H3/t11?,14?,15-,18+/m0/s1. The lowest BCUT2D eigenvalue weighted by Crippen LogP contribution is -2.55. The second-order valence-electron chi connectivity index (χ2n) is 8.46. The SMILES string of the molecule is CN(c1cnc(-c2cc3ccn(C(F)(F)F)c(=O)c3cc2O)nn1)[C@H]1CC2CCC(N2)[C@H]1F. The van der Waals surface area contributed by atoms with Crippen LogP contribution in [0.25, 0.3) is 22.2 Å². The van der Waals surface area contributed by atoms with Crippen LogP contribution in [0.5, 0.6) is 5.75 Å². The maximum absolute atomic E-state index is 14.9. The molecule has 2 N–H and O–H groups in total. The highest BCUT2D eigenvalue weighted by Crippen LogP contribution is 2.34. The fourth-order valence-electron chi connectivity index (χ4n) is 4.73. The third-order valence-electron chi connectivity index (χ3n) is 6.50. The fourth-order valence-corrected chi connectivity index (χ4v) is 4.73. The van der Waals surface area contributed by atoms with Crippen molar-refractivity contribution in [2.24, 2.45) is 0 Å². The Labute approximate surface area is 184 Å². The summed E-state index contributed by atoms with van der Waals surface area (Å²) < 4.78 is 53.4. The van der Waals surface area contributed by atoms with Gasteiger partial charge >= 0.3 is 6.30 Å². The smallest absolute Gasteiger partial charge is 0.491 e. The summed E-state index contributed by atoms with van der Waals surface area (Å²) in [6.07, 6.45) is -1.52. The number of nitrogens with zero attached hydrogens (tertiary/aromatic N) is 5. The number of hydrogen-bond acceptors (Lipinski definition) is 7. The van der Waals surface area contributed by atoms with E-state index in [0.29, 0.717) is 18.4 Å². The number of phenolic OH excluding ortho intramolecular Hbond substituents is 1. The molecule has 0 spiro atoms. The zero-order chi connectivity index (χ0) is 23.5. The third kappa shape index (κ3) is 3.67. The number of alkyl halides is 4. The number of fused-ring (bicyclic) bond motifs is 3. The minimum Gasteiger partial charge on any atom is -0.507 e. The summed E-state index contributed by atoms with van der Waals surface area (Å²) >= 11 is 0. The molecule has 5 rings (SSSR count). The topological polar surface area (TPSA) is 96.2 Å². The van der Waals surface area contributed by atoms with Gasteiger partial charge in [0.1, 0.15) is 11.9 Å². The Hall–Kier alpha value is -3.28. The van der Waals surface area contributed by atoms with E-state index in [1.807, 2.05) is 0 Å². The Balaban J connectivity index is 1.45. The van der Waals surface area contributed by atoms with Crippen LogP contribution in [-0.4, -0.2) is 56.2 Å². The molecule has 1 aromatic carbocycles. The van der Waals surface area contributed by atoms with Crippen molar-refractivity contribution in [3.05, 3.63) is 40.9 Å². The first-order valence-electron chi connectivity index (χ1n) is 10.4. The molecule has 2 aromatic heterocycles. The van der Waals surface area contributed by atoms with Crippen molar-refractivity contribution in [3.63, 3.8) is 0 Å². The lowest BCUT2D eigenvalue weighted by molar-refractivity contribution is -0.206. The van der Waals surface area contributed by atoms with Crippen LogP contribution in [0.15, 0.2) is 35.4 Å². The van der Waals surface area contributed by atoms with Crippen molar-refractivity contribution < 1.29 is 22.7 Å². The summed E-state index contributed by atoms with van der Waals surface area (Å²) in [5.74, 6) is -0.0732. The van der Waals surface area contributed by atoms with E-state index in [2.05, 4.69) is 20.5 Å². The van der Waals surface area contributed by atoms with Gasteiger partial charge in [-0.3, -0.25) is 4.79 Å². The van der Waals surface area contributed by atoms with Gasteiger partial charge in [0, 0.05) is 25.3 Å². The van der Waals surface area contributed by atoms with E-state index in [0.717, 1.165) is 25.0 Å². The molecule has 2 saturated heterocycles. The first-order chi connectivity index (χ1) is 15.6. The molecule has 0 amide bonds. The number of rotatable bonds is 3. The molecule has 0 aliphatic carbocycles. The molecular weight excluding hydrogens is 444 g/mol. The fraction of sp³-hybridized carbons (Fsp3) is 0.429. The van der Waals surface area contributed by atoms with E-state index in [-0.39, 0.29) is 44.9 Å². The number of halogens is 4. The lowest BCUT2D eigenvalue weighted by atomic mass is 9.96. The number of anilines is 1. The number of aromatic nitrogens is 4. The van der Waals surface area contributed by atoms with Crippen LogP contribution in [0.3, 0.4) is 0 Å². The Morgan fingerprint density at radius 3 is 2.73 bits per heavy atom. The van der Waals surface area contributed by atoms with Gasteiger partial charge in [0.25, 0.3) is 5.56 Å². The monoisotopic (exact) mass is 464 g/mol. The summed E-state index contributed by atoms with van der Waals surface area (Å²) in [4.78, 5) is 18.1. The first-order valence-corrected chi connectivity index (χ1v) is 10.4. The largest absolute Gasteiger partial charge is 0.507 e. The number of hydrogen-bond donors (Lipinski definition) is 2. The van der Waals surface area contributed by atoms with Gasteiger partial charge in [0.15, 0.2) is 11.6 Å². The summed E-state index contributed by atoms with van der Waals surface area (Å²) in [7, 11) is 1.73. The average Bonchev–Trinajstić information content (AvgIpc) is 3.19. The van der Waals surface area contributed by atoms with Crippen LogP contribution in [0.4, 0.5) is 23.4 Å². The summed E-state index contributed by atoms with van der Waals surface area (Å²) in [5.41, 5.74) is -1.19. The van der Waals surface area contributed by atoms with Gasteiger partial charge in [0.2, 0.25) is 0 Å². The van der Waals surface area contributed by atoms with Crippen LogP contribution < -0.4 is 15.8 Å². The average molecular weight is 464 g/mol. The quantitative estimate of drug-likeness (QED) is 0.576. The van der Waals surface area contributed by atoms with E-state index in [1.54, 1.807) is 11.9 Å². The second kappa shape index (κ2) is 7.65. The molecule has 2 unspecified atom stereocenters. The van der Waals surface area contributed by atoms with Crippen LogP contribution >= 0.6 is 0 Å². The number of nitrogens with one attached hydrogen (secondary N) is 1. The molecule has 4 atom stereocenters. The first kappa shape index (κ1) is 21.6. The molecule has 33 heavy (non-hydrogen) atoms. The van der Waals surface area contributed by atoms with Gasteiger partial charge in [-0.2, -0.15) is 0 Å². The molecule has 174 valence electrons. The van der Waals surface area contributed by atoms with Crippen molar-refractivity contribution in [2.75, 3.05) is 11.9 Å². The van der Waals surface area contributed by atoms with Crippen molar-refractivity contribution in [1.29, 1.82) is 0 Å².